The molecule has 0 aliphatic heterocycles. The number of hydrogen-bond donors (Lipinski definition) is 1. The van der Waals surface area contributed by atoms with Crippen molar-refractivity contribution in [2.45, 2.75) is 32.4 Å². The number of benzene rings is 1. The summed E-state index contributed by atoms with van der Waals surface area (Å²) in [7, 11) is 0. The van der Waals surface area contributed by atoms with Crippen LogP contribution >= 0.6 is 0 Å². The van der Waals surface area contributed by atoms with Crippen molar-refractivity contribution < 1.29 is 0 Å². The smallest absolute Gasteiger partial charge is 0.110 e. The molecule has 1 atom stereocenters. The molecule has 3 nitrogen and oxygen atoms in total. The fourth-order valence-corrected chi connectivity index (χ4v) is 2.14. The number of fused-ring (bicyclic) bond motifs is 1. The van der Waals surface area contributed by atoms with E-state index in [1.807, 2.05) is 16.8 Å². The molecule has 2 aromatic rings. The second-order valence-electron chi connectivity index (χ2n) is 4.33. The van der Waals surface area contributed by atoms with Crippen LogP contribution in [-0.4, -0.2) is 10.6 Å². The van der Waals surface area contributed by atoms with Crippen molar-refractivity contribution in [2.24, 2.45) is 5.73 Å². The molecule has 0 saturated carbocycles. The van der Waals surface area contributed by atoms with Crippen molar-refractivity contribution in [3.05, 3.63) is 36.0 Å². The predicted molar refractivity (Wildman–Crippen MR) is 69.5 cm³/mol. The summed E-state index contributed by atoms with van der Waals surface area (Å²) in [6.45, 7) is 2.49. The fourth-order valence-electron chi connectivity index (χ4n) is 2.14. The van der Waals surface area contributed by atoms with Gasteiger partial charge in [0, 0.05) is 12.2 Å². The van der Waals surface area contributed by atoms with Crippen molar-refractivity contribution in [1.82, 2.24) is 4.57 Å². The lowest BCUT2D eigenvalue weighted by Gasteiger charge is -2.11. The zero-order valence-corrected chi connectivity index (χ0v) is 10.1. The van der Waals surface area contributed by atoms with E-state index in [2.05, 4.69) is 31.2 Å². The Labute approximate surface area is 101 Å². The van der Waals surface area contributed by atoms with Crippen LogP contribution in [0.5, 0.6) is 0 Å². The number of hydrogen-bond acceptors (Lipinski definition) is 2. The first-order valence-electron chi connectivity index (χ1n) is 5.95. The molecule has 0 spiro atoms. The highest BCUT2D eigenvalue weighted by Crippen LogP contribution is 2.21. The summed E-state index contributed by atoms with van der Waals surface area (Å²) >= 11 is 0. The number of nitriles is 1. The van der Waals surface area contributed by atoms with Crippen molar-refractivity contribution >= 4 is 10.9 Å². The van der Waals surface area contributed by atoms with Gasteiger partial charge in [-0.05, 0) is 29.9 Å². The molecule has 2 rings (SSSR count). The lowest BCUT2D eigenvalue weighted by atomic mass is 10.0. The average Bonchev–Trinajstić information content (AvgIpc) is 2.74. The molecule has 0 fully saturated rings. The topological polar surface area (TPSA) is 54.7 Å². The molecule has 1 aromatic heterocycles. The van der Waals surface area contributed by atoms with Gasteiger partial charge in [0.25, 0.3) is 0 Å². The zero-order chi connectivity index (χ0) is 12.3. The second kappa shape index (κ2) is 5.03. The summed E-state index contributed by atoms with van der Waals surface area (Å²) in [6.07, 6.45) is 3.80. The Morgan fingerprint density at radius 1 is 1.41 bits per heavy atom. The van der Waals surface area contributed by atoms with Gasteiger partial charge in [0.15, 0.2) is 0 Å². The van der Waals surface area contributed by atoms with E-state index in [1.54, 1.807) is 0 Å². The van der Waals surface area contributed by atoms with Crippen molar-refractivity contribution in [3.63, 3.8) is 0 Å². The van der Waals surface area contributed by atoms with E-state index in [1.165, 1.54) is 10.9 Å². The first-order chi connectivity index (χ1) is 8.26. The zero-order valence-electron chi connectivity index (χ0n) is 10.1. The predicted octanol–water partition coefficient (Wildman–Crippen LogP) is 2.44. The number of para-hydroxylation sites is 1. The number of nitrogens with two attached hydrogens (primary N) is 1. The summed E-state index contributed by atoms with van der Waals surface area (Å²) in [6, 6.07) is 10.7. The van der Waals surface area contributed by atoms with E-state index >= 15 is 0 Å². The highest BCUT2D eigenvalue weighted by Gasteiger charge is 2.09. The molecule has 3 heteroatoms. The van der Waals surface area contributed by atoms with Gasteiger partial charge in [0.1, 0.15) is 6.54 Å². The standard InChI is InChI=1S/C14H17N3/c1-2-13(16)10-12-5-3-4-11-6-8-17(9-7-15)14(11)12/h3-6,8,13H,2,9-10,16H2,1H3. The quantitative estimate of drug-likeness (QED) is 0.872. The molecule has 88 valence electrons. The van der Waals surface area contributed by atoms with Crippen molar-refractivity contribution in [2.75, 3.05) is 0 Å². The van der Waals surface area contributed by atoms with E-state index in [-0.39, 0.29) is 6.04 Å². The maximum Gasteiger partial charge on any atom is 0.110 e. The largest absolute Gasteiger partial charge is 0.333 e. The minimum atomic E-state index is 0.186. The highest BCUT2D eigenvalue weighted by molar-refractivity contribution is 5.83. The molecule has 0 aliphatic carbocycles. The van der Waals surface area contributed by atoms with Crippen LogP contribution in [0.2, 0.25) is 0 Å². The van der Waals surface area contributed by atoms with Crippen LogP contribution in [0.1, 0.15) is 18.9 Å². The molecular weight excluding hydrogens is 210 g/mol. The second-order valence-corrected chi connectivity index (χ2v) is 4.33. The van der Waals surface area contributed by atoms with Crippen LogP contribution in [0.25, 0.3) is 10.9 Å². The molecule has 17 heavy (non-hydrogen) atoms. The van der Waals surface area contributed by atoms with Crippen LogP contribution in [0.3, 0.4) is 0 Å². The van der Waals surface area contributed by atoms with E-state index < -0.39 is 0 Å². The maximum absolute atomic E-state index is 8.82. The van der Waals surface area contributed by atoms with Gasteiger partial charge in [-0.15, -0.1) is 0 Å². The van der Waals surface area contributed by atoms with Crippen LogP contribution in [-0.2, 0) is 13.0 Å². The molecular formula is C14H17N3. The minimum absolute atomic E-state index is 0.186. The van der Waals surface area contributed by atoms with Crippen molar-refractivity contribution in [1.29, 1.82) is 5.26 Å². The summed E-state index contributed by atoms with van der Waals surface area (Å²) in [5.74, 6) is 0. The lowest BCUT2D eigenvalue weighted by Crippen LogP contribution is -2.21. The Morgan fingerprint density at radius 3 is 2.94 bits per heavy atom. The van der Waals surface area contributed by atoms with E-state index in [0.29, 0.717) is 6.54 Å². The molecule has 2 N–H and O–H groups in total. The molecule has 0 bridgehead atoms. The summed E-state index contributed by atoms with van der Waals surface area (Å²) in [5.41, 5.74) is 8.40. The Bertz CT molecular complexity index is 548. The minimum Gasteiger partial charge on any atom is -0.333 e. The Balaban J connectivity index is 2.47. The van der Waals surface area contributed by atoms with Crippen molar-refractivity contribution in [3.8, 4) is 6.07 Å². The van der Waals surface area contributed by atoms with Crippen LogP contribution < -0.4 is 5.73 Å². The van der Waals surface area contributed by atoms with Crippen LogP contribution in [0.4, 0.5) is 0 Å². The summed E-state index contributed by atoms with van der Waals surface area (Å²) in [4.78, 5) is 0. The number of nitrogens with zero attached hydrogens (tertiary/aromatic N) is 2. The molecule has 1 aromatic carbocycles. The van der Waals surface area contributed by atoms with Crippen LogP contribution in [0, 0.1) is 11.3 Å². The first kappa shape index (κ1) is 11.7. The van der Waals surface area contributed by atoms with Gasteiger partial charge >= 0.3 is 0 Å². The van der Waals surface area contributed by atoms with Gasteiger partial charge in [-0.25, -0.2) is 0 Å². The van der Waals surface area contributed by atoms with E-state index in [0.717, 1.165) is 18.4 Å². The number of aromatic nitrogens is 1. The maximum atomic E-state index is 8.82. The average molecular weight is 227 g/mol. The lowest BCUT2D eigenvalue weighted by molar-refractivity contribution is 0.646. The van der Waals surface area contributed by atoms with Gasteiger partial charge in [-0.3, -0.25) is 0 Å². The first-order valence-corrected chi connectivity index (χ1v) is 5.95. The van der Waals surface area contributed by atoms with Crippen LogP contribution in [0.15, 0.2) is 30.5 Å². The third-order valence-electron chi connectivity index (χ3n) is 3.12. The monoisotopic (exact) mass is 227 g/mol. The molecule has 0 saturated heterocycles. The molecule has 0 amide bonds. The molecule has 1 heterocycles. The third kappa shape index (κ3) is 2.32. The van der Waals surface area contributed by atoms with Gasteiger partial charge < -0.3 is 10.3 Å². The molecule has 1 unspecified atom stereocenters. The highest BCUT2D eigenvalue weighted by atomic mass is 14.9. The molecule has 0 radical (unpaired) electrons. The van der Waals surface area contributed by atoms with Gasteiger partial charge in [-0.2, -0.15) is 5.26 Å². The Morgan fingerprint density at radius 2 is 2.24 bits per heavy atom. The van der Waals surface area contributed by atoms with Gasteiger partial charge in [0.05, 0.1) is 11.6 Å². The van der Waals surface area contributed by atoms with Gasteiger partial charge in [-0.1, -0.05) is 25.1 Å². The van der Waals surface area contributed by atoms with E-state index in [9.17, 15) is 0 Å². The summed E-state index contributed by atoms with van der Waals surface area (Å²) < 4.78 is 1.99. The normalized spacial score (nSPS) is 12.5. The SMILES string of the molecule is CCC(N)Cc1cccc2ccn(CC#N)c12. The number of rotatable bonds is 4. The Hall–Kier alpha value is -1.79. The fraction of sp³-hybridized carbons (Fsp3) is 0.357. The Kier molecular flexibility index (Phi) is 3.46. The van der Waals surface area contributed by atoms with Gasteiger partial charge in [0.2, 0.25) is 0 Å². The third-order valence-corrected chi connectivity index (χ3v) is 3.12. The summed E-state index contributed by atoms with van der Waals surface area (Å²) in [5, 5.41) is 10.0. The molecule has 0 aliphatic rings. The van der Waals surface area contributed by atoms with E-state index in [4.69, 9.17) is 11.0 Å².